The van der Waals surface area contributed by atoms with Crippen molar-refractivity contribution in [2.75, 3.05) is 13.2 Å². The van der Waals surface area contributed by atoms with Gasteiger partial charge in [-0.15, -0.1) is 0 Å². The highest BCUT2D eigenvalue weighted by molar-refractivity contribution is 5.69. The third-order valence-electron chi connectivity index (χ3n) is 4.47. The SMILES string of the molecule is CCCCCCCCCCCC(CO)CCC(CO)C(=O)O. The van der Waals surface area contributed by atoms with Gasteiger partial charge in [0, 0.05) is 6.61 Å². The summed E-state index contributed by atoms with van der Waals surface area (Å²) in [6, 6.07) is 0. The van der Waals surface area contributed by atoms with Gasteiger partial charge >= 0.3 is 5.97 Å². The first-order valence-corrected chi connectivity index (χ1v) is 9.10. The molecular formula is C18H36O4. The number of aliphatic hydroxyl groups is 2. The van der Waals surface area contributed by atoms with E-state index in [0.29, 0.717) is 12.8 Å². The van der Waals surface area contributed by atoms with Gasteiger partial charge in [0.15, 0.2) is 0 Å². The highest BCUT2D eigenvalue weighted by Crippen LogP contribution is 2.19. The summed E-state index contributed by atoms with van der Waals surface area (Å²) >= 11 is 0. The third kappa shape index (κ3) is 12.0. The van der Waals surface area contributed by atoms with Gasteiger partial charge in [-0.2, -0.15) is 0 Å². The van der Waals surface area contributed by atoms with Crippen molar-refractivity contribution in [2.45, 2.75) is 84.0 Å². The fourth-order valence-electron chi connectivity index (χ4n) is 2.80. The van der Waals surface area contributed by atoms with E-state index in [0.717, 1.165) is 12.8 Å². The second kappa shape index (κ2) is 15.3. The number of carboxylic acid groups (broad SMARTS) is 1. The van der Waals surface area contributed by atoms with Crippen LogP contribution in [0.25, 0.3) is 0 Å². The molecule has 2 unspecified atom stereocenters. The number of rotatable bonds is 16. The average molecular weight is 316 g/mol. The molecule has 0 saturated heterocycles. The zero-order valence-corrected chi connectivity index (χ0v) is 14.3. The Labute approximate surface area is 135 Å². The number of hydrogen-bond donors (Lipinski definition) is 3. The van der Waals surface area contributed by atoms with E-state index in [4.69, 9.17) is 10.2 Å². The van der Waals surface area contributed by atoms with Gasteiger partial charge in [-0.25, -0.2) is 0 Å². The molecule has 0 aliphatic rings. The van der Waals surface area contributed by atoms with Crippen molar-refractivity contribution in [3.8, 4) is 0 Å². The number of carbonyl (C=O) groups is 1. The molecule has 0 radical (unpaired) electrons. The largest absolute Gasteiger partial charge is 0.481 e. The Hall–Kier alpha value is -0.610. The smallest absolute Gasteiger partial charge is 0.308 e. The molecule has 2 atom stereocenters. The summed E-state index contributed by atoms with van der Waals surface area (Å²) in [6.45, 7) is 2.04. The zero-order chi connectivity index (χ0) is 16.6. The van der Waals surface area contributed by atoms with Crippen molar-refractivity contribution in [3.05, 3.63) is 0 Å². The average Bonchev–Trinajstić information content (AvgIpc) is 2.51. The predicted octanol–water partition coefficient (Wildman–Crippen LogP) is 3.99. The molecule has 0 bridgehead atoms. The molecule has 0 aliphatic carbocycles. The Morgan fingerprint density at radius 2 is 1.32 bits per heavy atom. The van der Waals surface area contributed by atoms with Gasteiger partial charge in [-0.05, 0) is 25.2 Å². The van der Waals surface area contributed by atoms with Crippen LogP contribution in [0.2, 0.25) is 0 Å². The number of aliphatic carboxylic acids is 1. The molecule has 0 rings (SSSR count). The summed E-state index contributed by atoms with van der Waals surface area (Å²) in [6.07, 6.45) is 13.7. The molecule has 0 aliphatic heterocycles. The van der Waals surface area contributed by atoms with Gasteiger partial charge in [0.25, 0.3) is 0 Å². The van der Waals surface area contributed by atoms with Crippen LogP contribution in [0.15, 0.2) is 0 Å². The van der Waals surface area contributed by atoms with Crippen LogP contribution in [0.5, 0.6) is 0 Å². The Kier molecular flexibility index (Phi) is 14.9. The molecule has 0 saturated carbocycles. The Balaban J connectivity index is 3.55. The van der Waals surface area contributed by atoms with Crippen molar-refractivity contribution in [1.82, 2.24) is 0 Å². The molecule has 0 fully saturated rings. The Morgan fingerprint density at radius 1 is 0.773 bits per heavy atom. The third-order valence-corrected chi connectivity index (χ3v) is 4.47. The predicted molar refractivity (Wildman–Crippen MR) is 89.9 cm³/mol. The summed E-state index contributed by atoms with van der Waals surface area (Å²) in [5.74, 6) is -1.45. The van der Waals surface area contributed by atoms with Crippen LogP contribution in [-0.2, 0) is 4.79 Å². The first-order chi connectivity index (χ1) is 10.7. The maximum Gasteiger partial charge on any atom is 0.308 e. The molecule has 22 heavy (non-hydrogen) atoms. The summed E-state index contributed by atoms with van der Waals surface area (Å²) in [7, 11) is 0. The lowest BCUT2D eigenvalue weighted by molar-refractivity contribution is -0.143. The van der Waals surface area contributed by atoms with Gasteiger partial charge in [0.2, 0.25) is 0 Å². The maximum atomic E-state index is 10.8. The summed E-state index contributed by atoms with van der Waals surface area (Å²) < 4.78 is 0. The van der Waals surface area contributed by atoms with Gasteiger partial charge in [-0.1, -0.05) is 64.7 Å². The Bertz CT molecular complexity index is 255. The van der Waals surface area contributed by atoms with Crippen LogP contribution in [0.3, 0.4) is 0 Å². The quantitative estimate of drug-likeness (QED) is 0.376. The van der Waals surface area contributed by atoms with E-state index < -0.39 is 11.9 Å². The van der Waals surface area contributed by atoms with E-state index in [1.165, 1.54) is 51.4 Å². The zero-order valence-electron chi connectivity index (χ0n) is 14.3. The van der Waals surface area contributed by atoms with Crippen LogP contribution in [0, 0.1) is 11.8 Å². The van der Waals surface area contributed by atoms with E-state index in [-0.39, 0.29) is 19.1 Å². The minimum absolute atomic E-state index is 0.120. The molecule has 0 aromatic carbocycles. The molecular weight excluding hydrogens is 280 g/mol. The summed E-state index contributed by atoms with van der Waals surface area (Å²) in [5.41, 5.74) is 0. The second-order valence-electron chi connectivity index (χ2n) is 6.46. The fraction of sp³-hybridized carbons (Fsp3) is 0.944. The number of carboxylic acids is 1. The van der Waals surface area contributed by atoms with Crippen molar-refractivity contribution >= 4 is 5.97 Å². The number of hydrogen-bond acceptors (Lipinski definition) is 3. The monoisotopic (exact) mass is 316 g/mol. The lowest BCUT2D eigenvalue weighted by Crippen LogP contribution is -2.19. The van der Waals surface area contributed by atoms with Gasteiger partial charge in [0.1, 0.15) is 0 Å². The van der Waals surface area contributed by atoms with Crippen LogP contribution in [0.4, 0.5) is 0 Å². The van der Waals surface area contributed by atoms with Crippen LogP contribution >= 0.6 is 0 Å². The summed E-state index contributed by atoms with van der Waals surface area (Å²) in [5, 5.41) is 27.2. The molecule has 0 heterocycles. The van der Waals surface area contributed by atoms with Gasteiger partial charge < -0.3 is 15.3 Å². The number of unbranched alkanes of at least 4 members (excludes halogenated alkanes) is 8. The normalized spacial score (nSPS) is 14.0. The maximum absolute atomic E-state index is 10.8. The lowest BCUT2D eigenvalue weighted by Gasteiger charge is -2.16. The summed E-state index contributed by atoms with van der Waals surface area (Å²) in [4.78, 5) is 10.8. The van der Waals surface area contributed by atoms with E-state index in [2.05, 4.69) is 6.92 Å². The van der Waals surface area contributed by atoms with Crippen LogP contribution in [-0.4, -0.2) is 34.5 Å². The van der Waals surface area contributed by atoms with Crippen molar-refractivity contribution in [1.29, 1.82) is 0 Å². The topological polar surface area (TPSA) is 77.8 Å². The number of aliphatic hydroxyl groups excluding tert-OH is 2. The van der Waals surface area contributed by atoms with Gasteiger partial charge in [-0.3, -0.25) is 4.79 Å². The first-order valence-electron chi connectivity index (χ1n) is 9.10. The van der Waals surface area contributed by atoms with Crippen molar-refractivity contribution in [2.24, 2.45) is 11.8 Å². The Morgan fingerprint density at radius 3 is 1.77 bits per heavy atom. The molecule has 0 aromatic rings. The standard InChI is InChI=1S/C18H36O4/c1-2-3-4-5-6-7-8-9-10-11-16(14-19)12-13-17(15-20)18(21)22/h16-17,19-20H,2-15H2,1H3,(H,21,22). The van der Waals surface area contributed by atoms with Crippen molar-refractivity contribution < 1.29 is 20.1 Å². The first kappa shape index (κ1) is 21.4. The van der Waals surface area contributed by atoms with Crippen LogP contribution < -0.4 is 0 Å². The molecule has 0 spiro atoms. The minimum atomic E-state index is -0.942. The second-order valence-corrected chi connectivity index (χ2v) is 6.46. The van der Waals surface area contributed by atoms with E-state index in [9.17, 15) is 9.90 Å². The molecule has 0 amide bonds. The fourth-order valence-corrected chi connectivity index (χ4v) is 2.80. The highest BCUT2D eigenvalue weighted by atomic mass is 16.4. The molecule has 4 heteroatoms. The molecule has 0 aromatic heterocycles. The van der Waals surface area contributed by atoms with E-state index in [1.54, 1.807) is 0 Å². The molecule has 132 valence electrons. The molecule has 3 N–H and O–H groups in total. The lowest BCUT2D eigenvalue weighted by atomic mass is 9.92. The van der Waals surface area contributed by atoms with Crippen molar-refractivity contribution in [3.63, 3.8) is 0 Å². The van der Waals surface area contributed by atoms with Crippen LogP contribution in [0.1, 0.15) is 84.0 Å². The molecule has 4 nitrogen and oxygen atoms in total. The van der Waals surface area contributed by atoms with Gasteiger partial charge in [0.05, 0.1) is 12.5 Å². The van der Waals surface area contributed by atoms with E-state index >= 15 is 0 Å². The minimum Gasteiger partial charge on any atom is -0.481 e. The highest BCUT2D eigenvalue weighted by Gasteiger charge is 2.18. The van der Waals surface area contributed by atoms with E-state index in [1.807, 2.05) is 0 Å².